The lowest BCUT2D eigenvalue weighted by molar-refractivity contribution is -0.113. The number of carbonyl (C=O) groups excluding carboxylic acids is 1. The predicted molar refractivity (Wildman–Crippen MR) is 97.9 cm³/mol. The van der Waals surface area contributed by atoms with Crippen LogP contribution >= 0.6 is 23.4 Å². The number of carbonyl (C=O) groups is 1. The number of nitrogens with one attached hydrogen (secondary N) is 1. The largest absolute Gasteiger partial charge is 0.497 e. The Balaban J connectivity index is 1.66. The van der Waals surface area contributed by atoms with Gasteiger partial charge in [0.15, 0.2) is 5.58 Å². The molecule has 0 fully saturated rings. The minimum atomic E-state index is -0.211. The number of nitrogens with zero attached hydrogens (tertiary/aromatic N) is 1. The summed E-state index contributed by atoms with van der Waals surface area (Å²) in [6, 6.07) is 10.4. The summed E-state index contributed by atoms with van der Waals surface area (Å²) in [7, 11) is 3.10. The molecule has 130 valence electrons. The molecule has 3 rings (SSSR count). The van der Waals surface area contributed by atoms with Crippen LogP contribution in [0.5, 0.6) is 11.5 Å². The fraction of sp³-hybridized carbons (Fsp3) is 0.176. The van der Waals surface area contributed by atoms with Crippen molar-refractivity contribution < 1.29 is 18.7 Å². The maximum absolute atomic E-state index is 12.2. The van der Waals surface area contributed by atoms with Crippen molar-refractivity contribution in [1.29, 1.82) is 0 Å². The summed E-state index contributed by atoms with van der Waals surface area (Å²) in [4.78, 5) is 16.5. The van der Waals surface area contributed by atoms with E-state index >= 15 is 0 Å². The fourth-order valence-corrected chi connectivity index (χ4v) is 2.97. The molecule has 1 heterocycles. The highest BCUT2D eigenvalue weighted by molar-refractivity contribution is 7.99. The van der Waals surface area contributed by atoms with Crippen LogP contribution in [0, 0.1) is 0 Å². The highest BCUT2D eigenvalue weighted by atomic mass is 35.5. The van der Waals surface area contributed by atoms with Gasteiger partial charge in [0.25, 0.3) is 5.22 Å². The number of thioether (sulfide) groups is 1. The van der Waals surface area contributed by atoms with Crippen LogP contribution in [0.2, 0.25) is 5.02 Å². The molecule has 3 aromatic rings. The van der Waals surface area contributed by atoms with Crippen molar-refractivity contribution in [2.75, 3.05) is 25.3 Å². The molecule has 25 heavy (non-hydrogen) atoms. The van der Waals surface area contributed by atoms with E-state index in [0.717, 1.165) is 0 Å². The SMILES string of the molecule is COc1ccc(OC)c(NC(=O)CSc2nc3cc(Cl)ccc3o2)c1. The first-order chi connectivity index (χ1) is 12.1. The van der Waals surface area contributed by atoms with Gasteiger partial charge >= 0.3 is 0 Å². The first-order valence-corrected chi connectivity index (χ1v) is 8.66. The molecule has 0 aliphatic rings. The highest BCUT2D eigenvalue weighted by Gasteiger charge is 2.12. The van der Waals surface area contributed by atoms with Crippen LogP contribution in [0.25, 0.3) is 11.1 Å². The Hall–Kier alpha value is -2.38. The number of aromatic nitrogens is 1. The third kappa shape index (κ3) is 4.18. The molecule has 0 unspecified atom stereocenters. The maximum Gasteiger partial charge on any atom is 0.257 e. The van der Waals surface area contributed by atoms with Gasteiger partial charge < -0.3 is 19.2 Å². The number of ether oxygens (including phenoxy) is 2. The van der Waals surface area contributed by atoms with E-state index in [9.17, 15) is 4.79 Å². The van der Waals surface area contributed by atoms with Gasteiger partial charge in [-0.05, 0) is 30.3 Å². The van der Waals surface area contributed by atoms with Crippen LogP contribution in [0.15, 0.2) is 46.0 Å². The molecule has 0 saturated carbocycles. The fourth-order valence-electron chi connectivity index (χ4n) is 2.17. The summed E-state index contributed by atoms with van der Waals surface area (Å²) < 4.78 is 16.0. The van der Waals surface area contributed by atoms with Crippen molar-refractivity contribution in [3.05, 3.63) is 41.4 Å². The number of rotatable bonds is 6. The van der Waals surface area contributed by atoms with E-state index < -0.39 is 0 Å². The van der Waals surface area contributed by atoms with Crippen molar-refractivity contribution in [3.63, 3.8) is 0 Å². The number of fused-ring (bicyclic) bond motifs is 1. The second kappa shape index (κ2) is 7.67. The summed E-state index contributed by atoms with van der Waals surface area (Å²) in [6.07, 6.45) is 0. The summed E-state index contributed by atoms with van der Waals surface area (Å²) in [5, 5.41) is 3.78. The molecule has 0 spiro atoms. The minimum absolute atomic E-state index is 0.140. The lowest BCUT2D eigenvalue weighted by Crippen LogP contribution is -2.14. The van der Waals surface area contributed by atoms with Crippen molar-refractivity contribution in [3.8, 4) is 11.5 Å². The molecule has 0 radical (unpaired) electrons. The molecule has 1 aromatic heterocycles. The van der Waals surface area contributed by atoms with Crippen molar-refractivity contribution in [2.45, 2.75) is 5.22 Å². The van der Waals surface area contributed by atoms with E-state index in [2.05, 4.69) is 10.3 Å². The van der Waals surface area contributed by atoms with E-state index in [1.807, 2.05) is 0 Å². The van der Waals surface area contributed by atoms with Gasteiger partial charge in [0.1, 0.15) is 17.0 Å². The molecule has 1 amide bonds. The van der Waals surface area contributed by atoms with Gasteiger partial charge in [-0.3, -0.25) is 4.79 Å². The average molecular weight is 379 g/mol. The van der Waals surface area contributed by atoms with E-state index in [1.54, 1.807) is 43.5 Å². The standard InChI is InChI=1S/C17H15ClN2O4S/c1-22-11-4-6-14(23-2)13(8-11)19-16(21)9-25-17-20-12-7-10(18)3-5-15(12)24-17/h3-8H,9H2,1-2H3,(H,19,21). The van der Waals surface area contributed by atoms with E-state index in [1.165, 1.54) is 18.9 Å². The Morgan fingerprint density at radius 1 is 1.24 bits per heavy atom. The van der Waals surface area contributed by atoms with E-state index in [0.29, 0.717) is 38.5 Å². The number of hydrogen-bond donors (Lipinski definition) is 1. The van der Waals surface area contributed by atoms with Crippen LogP contribution in [0.1, 0.15) is 0 Å². The Kier molecular flexibility index (Phi) is 5.35. The Labute approximate surface area is 153 Å². The lowest BCUT2D eigenvalue weighted by Gasteiger charge is -2.11. The summed E-state index contributed by atoms with van der Waals surface area (Å²) in [6.45, 7) is 0. The Morgan fingerprint density at radius 3 is 2.84 bits per heavy atom. The van der Waals surface area contributed by atoms with Crippen LogP contribution in [-0.4, -0.2) is 30.9 Å². The monoisotopic (exact) mass is 378 g/mol. The smallest absolute Gasteiger partial charge is 0.257 e. The Morgan fingerprint density at radius 2 is 2.08 bits per heavy atom. The molecule has 0 saturated heterocycles. The highest BCUT2D eigenvalue weighted by Crippen LogP contribution is 2.30. The average Bonchev–Trinajstić information content (AvgIpc) is 3.02. The molecular formula is C17H15ClN2O4S. The Bertz CT molecular complexity index is 913. The molecule has 1 N–H and O–H groups in total. The number of amides is 1. The second-order valence-electron chi connectivity index (χ2n) is 4.99. The molecule has 0 bridgehead atoms. The molecular weight excluding hydrogens is 364 g/mol. The molecule has 8 heteroatoms. The number of benzene rings is 2. The maximum atomic E-state index is 12.2. The van der Waals surface area contributed by atoms with Crippen molar-refractivity contribution in [1.82, 2.24) is 4.98 Å². The van der Waals surface area contributed by atoms with Crippen LogP contribution in [-0.2, 0) is 4.79 Å². The van der Waals surface area contributed by atoms with Crippen molar-refractivity contribution in [2.24, 2.45) is 0 Å². The molecule has 6 nitrogen and oxygen atoms in total. The third-order valence-electron chi connectivity index (χ3n) is 3.34. The number of methoxy groups -OCH3 is 2. The summed E-state index contributed by atoms with van der Waals surface area (Å²) >= 11 is 7.12. The number of anilines is 1. The van der Waals surface area contributed by atoms with E-state index in [4.69, 9.17) is 25.5 Å². The first-order valence-electron chi connectivity index (χ1n) is 7.30. The van der Waals surface area contributed by atoms with E-state index in [-0.39, 0.29) is 11.7 Å². The van der Waals surface area contributed by atoms with Crippen LogP contribution in [0.4, 0.5) is 5.69 Å². The molecule has 0 atom stereocenters. The van der Waals surface area contributed by atoms with Crippen molar-refractivity contribution >= 4 is 46.1 Å². The van der Waals surface area contributed by atoms with Gasteiger partial charge in [0.2, 0.25) is 5.91 Å². The van der Waals surface area contributed by atoms with Gasteiger partial charge in [-0.2, -0.15) is 0 Å². The minimum Gasteiger partial charge on any atom is -0.497 e. The van der Waals surface area contributed by atoms with Crippen LogP contribution < -0.4 is 14.8 Å². The third-order valence-corrected chi connectivity index (χ3v) is 4.40. The molecule has 0 aliphatic heterocycles. The summed E-state index contributed by atoms with van der Waals surface area (Å²) in [5.74, 6) is 1.10. The summed E-state index contributed by atoms with van der Waals surface area (Å²) in [5.41, 5.74) is 1.82. The normalized spacial score (nSPS) is 10.7. The van der Waals surface area contributed by atoms with Gasteiger partial charge in [-0.1, -0.05) is 23.4 Å². The zero-order valence-corrected chi connectivity index (χ0v) is 15.1. The zero-order valence-electron chi connectivity index (χ0n) is 13.5. The molecule has 0 aliphatic carbocycles. The van der Waals surface area contributed by atoms with Crippen LogP contribution in [0.3, 0.4) is 0 Å². The number of halogens is 1. The van der Waals surface area contributed by atoms with Gasteiger partial charge in [-0.15, -0.1) is 0 Å². The van der Waals surface area contributed by atoms with Gasteiger partial charge in [0, 0.05) is 11.1 Å². The first kappa shape index (κ1) is 17.4. The lowest BCUT2D eigenvalue weighted by atomic mass is 10.2. The van der Waals surface area contributed by atoms with Gasteiger partial charge in [-0.25, -0.2) is 4.98 Å². The predicted octanol–water partition coefficient (Wildman–Crippen LogP) is 4.23. The van der Waals surface area contributed by atoms with Gasteiger partial charge in [0.05, 0.1) is 25.7 Å². The zero-order chi connectivity index (χ0) is 17.8. The quantitative estimate of drug-likeness (QED) is 0.647. The number of oxazole rings is 1. The topological polar surface area (TPSA) is 73.6 Å². The molecule has 2 aromatic carbocycles. The number of hydrogen-bond acceptors (Lipinski definition) is 6. The second-order valence-corrected chi connectivity index (χ2v) is 6.36.